The monoisotopic (exact) mass is 311 g/mol. The highest BCUT2D eigenvalue weighted by Crippen LogP contribution is 2.37. The molecule has 4 heteroatoms. The van der Waals surface area contributed by atoms with Crippen molar-refractivity contribution in [3.63, 3.8) is 0 Å². The zero-order valence-electron chi connectivity index (χ0n) is 10.8. The zero-order chi connectivity index (χ0) is 13.1. The van der Waals surface area contributed by atoms with Crippen LogP contribution in [0.4, 0.5) is 5.69 Å². The number of methoxy groups -OCH3 is 1. The number of carbonyl (C=O) groups excluding carboxylic acids is 1. The lowest BCUT2D eigenvalue weighted by Gasteiger charge is -2.32. The van der Waals surface area contributed by atoms with Crippen LogP contribution in [0.1, 0.15) is 25.3 Å². The van der Waals surface area contributed by atoms with Crippen LogP contribution in [0.15, 0.2) is 18.2 Å². The van der Waals surface area contributed by atoms with Crippen molar-refractivity contribution in [2.45, 2.75) is 31.0 Å². The molecule has 0 bridgehead atoms. The Morgan fingerprint density at radius 2 is 2.33 bits per heavy atom. The first-order chi connectivity index (χ1) is 8.69. The SMILES string of the molecule is CCC(Br)C(=O)N1CCCc2cccc(OC)c21. The van der Waals surface area contributed by atoms with Crippen molar-refractivity contribution < 1.29 is 9.53 Å². The van der Waals surface area contributed by atoms with Crippen LogP contribution < -0.4 is 9.64 Å². The van der Waals surface area contributed by atoms with Gasteiger partial charge in [-0.05, 0) is 30.9 Å². The fourth-order valence-corrected chi connectivity index (χ4v) is 2.59. The maximum Gasteiger partial charge on any atom is 0.240 e. The summed E-state index contributed by atoms with van der Waals surface area (Å²) in [6, 6.07) is 5.98. The Morgan fingerprint density at radius 3 is 3.00 bits per heavy atom. The number of halogens is 1. The van der Waals surface area contributed by atoms with Gasteiger partial charge in [0.15, 0.2) is 0 Å². The summed E-state index contributed by atoms with van der Waals surface area (Å²) in [4.78, 5) is 14.1. The van der Waals surface area contributed by atoms with Crippen molar-refractivity contribution in [3.8, 4) is 5.75 Å². The van der Waals surface area contributed by atoms with E-state index in [-0.39, 0.29) is 10.7 Å². The highest BCUT2D eigenvalue weighted by molar-refractivity contribution is 9.10. The van der Waals surface area contributed by atoms with Gasteiger partial charge in [-0.2, -0.15) is 0 Å². The lowest BCUT2D eigenvalue weighted by atomic mass is 10.0. The number of alkyl halides is 1. The van der Waals surface area contributed by atoms with Gasteiger partial charge in [0.25, 0.3) is 0 Å². The molecule has 98 valence electrons. The molecule has 3 nitrogen and oxygen atoms in total. The third-order valence-electron chi connectivity index (χ3n) is 3.29. The average Bonchev–Trinajstić information content (AvgIpc) is 2.44. The number of aryl methyl sites for hydroxylation is 1. The van der Waals surface area contributed by atoms with E-state index in [0.29, 0.717) is 0 Å². The molecule has 1 aliphatic heterocycles. The summed E-state index contributed by atoms with van der Waals surface area (Å²) in [7, 11) is 1.65. The molecule has 1 amide bonds. The minimum atomic E-state index is -0.117. The first kappa shape index (κ1) is 13.4. The highest BCUT2D eigenvalue weighted by atomic mass is 79.9. The number of hydrogen-bond acceptors (Lipinski definition) is 2. The molecule has 2 rings (SSSR count). The Hall–Kier alpha value is -1.03. The van der Waals surface area contributed by atoms with Crippen molar-refractivity contribution in [1.82, 2.24) is 0 Å². The van der Waals surface area contributed by atoms with E-state index in [1.807, 2.05) is 24.0 Å². The van der Waals surface area contributed by atoms with Crippen molar-refractivity contribution in [3.05, 3.63) is 23.8 Å². The fraction of sp³-hybridized carbons (Fsp3) is 0.500. The van der Waals surface area contributed by atoms with Gasteiger partial charge in [-0.1, -0.05) is 35.0 Å². The first-order valence-corrected chi connectivity index (χ1v) is 7.22. The number of anilines is 1. The summed E-state index contributed by atoms with van der Waals surface area (Å²) < 4.78 is 5.40. The quantitative estimate of drug-likeness (QED) is 0.803. The zero-order valence-corrected chi connectivity index (χ0v) is 12.4. The number of benzene rings is 1. The van der Waals surface area contributed by atoms with Gasteiger partial charge in [-0.25, -0.2) is 0 Å². The Labute approximate surface area is 116 Å². The number of ether oxygens (including phenoxy) is 1. The van der Waals surface area contributed by atoms with Gasteiger partial charge in [-0.3, -0.25) is 4.79 Å². The normalized spacial score (nSPS) is 16.1. The molecule has 1 atom stereocenters. The topological polar surface area (TPSA) is 29.5 Å². The number of para-hydroxylation sites is 1. The summed E-state index contributed by atoms with van der Waals surface area (Å²) >= 11 is 3.44. The maximum absolute atomic E-state index is 12.4. The van der Waals surface area contributed by atoms with Crippen LogP contribution in [0.3, 0.4) is 0 Å². The molecule has 0 spiro atoms. The number of nitrogens with zero attached hydrogens (tertiary/aromatic N) is 1. The molecule has 0 saturated carbocycles. The van der Waals surface area contributed by atoms with Crippen molar-refractivity contribution in [2.24, 2.45) is 0 Å². The average molecular weight is 312 g/mol. The predicted molar refractivity (Wildman–Crippen MR) is 76.7 cm³/mol. The third kappa shape index (κ3) is 2.39. The predicted octanol–water partition coefficient (Wildman–Crippen LogP) is 3.15. The van der Waals surface area contributed by atoms with Crippen LogP contribution in [0.2, 0.25) is 0 Å². The molecule has 18 heavy (non-hydrogen) atoms. The molecule has 0 radical (unpaired) electrons. The molecule has 1 aromatic carbocycles. The molecule has 0 N–H and O–H groups in total. The molecule has 1 heterocycles. The molecule has 1 aliphatic rings. The number of rotatable bonds is 3. The third-order valence-corrected chi connectivity index (χ3v) is 4.33. The van der Waals surface area contributed by atoms with Crippen molar-refractivity contribution in [1.29, 1.82) is 0 Å². The Kier molecular flexibility index (Phi) is 4.27. The maximum atomic E-state index is 12.4. The summed E-state index contributed by atoms with van der Waals surface area (Å²) in [5.41, 5.74) is 2.15. The van der Waals surface area contributed by atoms with Crippen LogP contribution in [-0.4, -0.2) is 24.4 Å². The van der Waals surface area contributed by atoms with E-state index in [9.17, 15) is 4.79 Å². The molecule has 0 saturated heterocycles. The number of carbonyl (C=O) groups is 1. The first-order valence-electron chi connectivity index (χ1n) is 6.30. The van der Waals surface area contributed by atoms with E-state index < -0.39 is 0 Å². The minimum absolute atomic E-state index is 0.117. The van der Waals surface area contributed by atoms with E-state index in [4.69, 9.17) is 4.74 Å². The second-order valence-electron chi connectivity index (χ2n) is 4.44. The van der Waals surface area contributed by atoms with Crippen LogP contribution in [0.5, 0.6) is 5.75 Å². The number of hydrogen-bond donors (Lipinski definition) is 0. The van der Waals surface area contributed by atoms with E-state index in [2.05, 4.69) is 22.0 Å². The second kappa shape index (κ2) is 5.74. The van der Waals surface area contributed by atoms with Gasteiger partial charge in [0.2, 0.25) is 5.91 Å². The Bertz CT molecular complexity index is 433. The van der Waals surface area contributed by atoms with Crippen LogP contribution in [-0.2, 0) is 11.2 Å². The molecular formula is C14H18BrNO2. The smallest absolute Gasteiger partial charge is 0.240 e. The molecule has 0 fully saturated rings. The fourth-order valence-electron chi connectivity index (χ4n) is 2.34. The molecule has 1 aromatic rings. The Morgan fingerprint density at radius 1 is 1.56 bits per heavy atom. The van der Waals surface area contributed by atoms with Gasteiger partial charge in [0.1, 0.15) is 5.75 Å². The van der Waals surface area contributed by atoms with E-state index >= 15 is 0 Å². The van der Waals surface area contributed by atoms with E-state index in [1.54, 1.807) is 7.11 Å². The van der Waals surface area contributed by atoms with Crippen molar-refractivity contribution in [2.75, 3.05) is 18.6 Å². The van der Waals surface area contributed by atoms with E-state index in [0.717, 1.165) is 37.2 Å². The lowest BCUT2D eigenvalue weighted by Crippen LogP contribution is -2.40. The highest BCUT2D eigenvalue weighted by Gasteiger charge is 2.28. The molecule has 0 aliphatic carbocycles. The van der Waals surface area contributed by atoms with Crippen LogP contribution >= 0.6 is 15.9 Å². The van der Waals surface area contributed by atoms with Crippen LogP contribution in [0.25, 0.3) is 0 Å². The van der Waals surface area contributed by atoms with Gasteiger partial charge < -0.3 is 9.64 Å². The number of fused-ring (bicyclic) bond motifs is 1. The second-order valence-corrected chi connectivity index (χ2v) is 5.54. The van der Waals surface area contributed by atoms with Gasteiger partial charge >= 0.3 is 0 Å². The number of amides is 1. The van der Waals surface area contributed by atoms with Gasteiger partial charge in [0.05, 0.1) is 17.6 Å². The van der Waals surface area contributed by atoms with Crippen molar-refractivity contribution >= 4 is 27.5 Å². The lowest BCUT2D eigenvalue weighted by molar-refractivity contribution is -0.118. The van der Waals surface area contributed by atoms with E-state index in [1.165, 1.54) is 5.56 Å². The van der Waals surface area contributed by atoms with Gasteiger partial charge in [-0.15, -0.1) is 0 Å². The van der Waals surface area contributed by atoms with Gasteiger partial charge in [0, 0.05) is 6.54 Å². The molecule has 1 unspecified atom stereocenters. The summed E-state index contributed by atoms with van der Waals surface area (Å²) in [6.45, 7) is 2.78. The Balaban J connectivity index is 2.40. The summed E-state index contributed by atoms with van der Waals surface area (Å²) in [5.74, 6) is 0.916. The minimum Gasteiger partial charge on any atom is -0.495 e. The largest absolute Gasteiger partial charge is 0.495 e. The van der Waals surface area contributed by atoms with Crippen LogP contribution in [0, 0.1) is 0 Å². The molecular weight excluding hydrogens is 294 g/mol. The summed E-state index contributed by atoms with van der Waals surface area (Å²) in [5, 5.41) is 0. The standard InChI is InChI=1S/C14H18BrNO2/c1-3-11(15)14(17)16-9-5-7-10-6-4-8-12(18-2)13(10)16/h4,6,8,11H,3,5,7,9H2,1-2H3. The summed E-state index contributed by atoms with van der Waals surface area (Å²) in [6.07, 6.45) is 2.81. The molecule has 0 aromatic heterocycles.